The molecule has 0 aliphatic carbocycles. The highest BCUT2D eigenvalue weighted by Crippen LogP contribution is 2.01. The number of nitrogen functional groups attached to an aromatic ring is 1. The summed E-state index contributed by atoms with van der Waals surface area (Å²) < 4.78 is 0. The van der Waals surface area contributed by atoms with E-state index in [1.54, 1.807) is 6.20 Å². The van der Waals surface area contributed by atoms with Gasteiger partial charge in [0.2, 0.25) is 0 Å². The minimum absolute atomic E-state index is 0.450. The van der Waals surface area contributed by atoms with Crippen LogP contribution in [0.25, 0.3) is 0 Å². The Labute approximate surface area is 53.5 Å². The third kappa shape index (κ3) is 1.35. The van der Waals surface area contributed by atoms with Crippen LogP contribution >= 0.6 is 0 Å². The van der Waals surface area contributed by atoms with Gasteiger partial charge in [-0.05, 0) is 6.92 Å². The van der Waals surface area contributed by atoms with Crippen molar-refractivity contribution in [2.24, 2.45) is 0 Å². The van der Waals surface area contributed by atoms with Gasteiger partial charge in [-0.25, -0.2) is 4.98 Å². The fourth-order valence-electron chi connectivity index (χ4n) is 0.617. The van der Waals surface area contributed by atoms with Gasteiger partial charge in [-0.3, -0.25) is 0 Å². The molecule has 0 spiro atoms. The van der Waals surface area contributed by atoms with Crippen LogP contribution in [0.3, 0.4) is 0 Å². The third-order valence-corrected chi connectivity index (χ3v) is 0.963. The molecule has 1 heterocycles. The number of rotatable bonds is 2. The van der Waals surface area contributed by atoms with Crippen molar-refractivity contribution in [2.75, 3.05) is 17.6 Å². The molecule has 0 aliphatic rings. The second-order valence-corrected chi connectivity index (χ2v) is 1.71. The Morgan fingerprint density at radius 2 is 2.67 bits per heavy atom. The van der Waals surface area contributed by atoms with E-state index in [1.807, 2.05) is 6.92 Å². The van der Waals surface area contributed by atoms with E-state index in [0.29, 0.717) is 5.95 Å². The smallest absolute Gasteiger partial charge is 0.199 e. The lowest BCUT2D eigenvalue weighted by molar-refractivity contribution is 1.18. The molecule has 50 valence electrons. The average Bonchev–Trinajstić information content (AvgIpc) is 2.17. The second-order valence-electron chi connectivity index (χ2n) is 1.71. The van der Waals surface area contributed by atoms with Crippen LogP contribution in [0.15, 0.2) is 6.20 Å². The van der Waals surface area contributed by atoms with Gasteiger partial charge in [0.1, 0.15) is 5.82 Å². The molecule has 0 aliphatic heterocycles. The van der Waals surface area contributed by atoms with Gasteiger partial charge in [0.25, 0.3) is 0 Å². The lowest BCUT2D eigenvalue weighted by atomic mass is 10.7. The molecule has 1 aromatic rings. The number of hydrogen-bond donors (Lipinski definition) is 3. The molecule has 0 amide bonds. The molecule has 0 atom stereocenters. The van der Waals surface area contributed by atoms with E-state index in [1.165, 1.54) is 0 Å². The topological polar surface area (TPSA) is 66.7 Å². The predicted octanol–water partition coefficient (Wildman–Crippen LogP) is 0.424. The normalized spacial score (nSPS) is 9.44. The number of nitrogens with one attached hydrogen (secondary N) is 2. The van der Waals surface area contributed by atoms with Gasteiger partial charge in [0.15, 0.2) is 5.95 Å². The molecule has 0 unspecified atom stereocenters. The maximum Gasteiger partial charge on any atom is 0.199 e. The molecule has 0 radical (unpaired) electrons. The van der Waals surface area contributed by atoms with Gasteiger partial charge in [0.05, 0.1) is 6.20 Å². The van der Waals surface area contributed by atoms with Gasteiger partial charge in [0, 0.05) is 6.54 Å². The van der Waals surface area contributed by atoms with Gasteiger partial charge < -0.3 is 16.0 Å². The Morgan fingerprint density at radius 1 is 1.89 bits per heavy atom. The number of nitrogens with two attached hydrogens (primary N) is 1. The van der Waals surface area contributed by atoms with Crippen LogP contribution in [0.2, 0.25) is 0 Å². The Balaban J connectivity index is 2.61. The first kappa shape index (κ1) is 5.94. The lowest BCUT2D eigenvalue weighted by Crippen LogP contribution is -1.96. The molecule has 1 aromatic heterocycles. The molecule has 9 heavy (non-hydrogen) atoms. The van der Waals surface area contributed by atoms with E-state index >= 15 is 0 Å². The summed E-state index contributed by atoms with van der Waals surface area (Å²) in [6.07, 6.45) is 1.67. The van der Waals surface area contributed by atoms with E-state index in [2.05, 4.69) is 15.3 Å². The quantitative estimate of drug-likeness (QED) is 0.538. The van der Waals surface area contributed by atoms with Crippen molar-refractivity contribution in [3.05, 3.63) is 6.20 Å². The van der Waals surface area contributed by atoms with E-state index < -0.39 is 0 Å². The molecule has 4 N–H and O–H groups in total. The summed E-state index contributed by atoms with van der Waals surface area (Å²) in [5.41, 5.74) is 5.30. The van der Waals surface area contributed by atoms with Crippen molar-refractivity contribution in [3.8, 4) is 0 Å². The summed E-state index contributed by atoms with van der Waals surface area (Å²) in [6.45, 7) is 2.89. The zero-order valence-electron chi connectivity index (χ0n) is 5.31. The number of aromatic amines is 1. The largest absolute Gasteiger partial charge is 0.371 e. The minimum Gasteiger partial charge on any atom is -0.371 e. The highest BCUT2D eigenvalue weighted by atomic mass is 15.1. The summed E-state index contributed by atoms with van der Waals surface area (Å²) in [6, 6.07) is 0. The predicted molar refractivity (Wildman–Crippen MR) is 37.2 cm³/mol. The monoisotopic (exact) mass is 126 g/mol. The fourth-order valence-corrected chi connectivity index (χ4v) is 0.617. The molecule has 0 bridgehead atoms. The van der Waals surface area contributed by atoms with E-state index in [4.69, 9.17) is 5.73 Å². The van der Waals surface area contributed by atoms with E-state index in [9.17, 15) is 0 Å². The van der Waals surface area contributed by atoms with Crippen molar-refractivity contribution < 1.29 is 0 Å². The van der Waals surface area contributed by atoms with Crippen molar-refractivity contribution in [1.82, 2.24) is 9.97 Å². The SMILES string of the molecule is CCNc1cnc(N)[nH]1. The molecule has 1 rings (SSSR count). The number of hydrogen-bond acceptors (Lipinski definition) is 3. The molecule has 0 aromatic carbocycles. The summed E-state index contributed by atoms with van der Waals surface area (Å²) in [5.74, 6) is 1.32. The summed E-state index contributed by atoms with van der Waals surface area (Å²) in [4.78, 5) is 6.63. The second kappa shape index (κ2) is 2.39. The zero-order valence-corrected chi connectivity index (χ0v) is 5.31. The van der Waals surface area contributed by atoms with Crippen LogP contribution in [0.4, 0.5) is 11.8 Å². The molecule has 0 fully saturated rings. The van der Waals surface area contributed by atoms with Crippen LogP contribution in [-0.2, 0) is 0 Å². The van der Waals surface area contributed by atoms with Crippen molar-refractivity contribution in [2.45, 2.75) is 6.92 Å². The molecule has 0 saturated carbocycles. The Hall–Kier alpha value is -1.19. The van der Waals surface area contributed by atoms with Crippen LogP contribution < -0.4 is 11.1 Å². The number of H-pyrrole nitrogens is 1. The standard InChI is InChI=1S/C5H10N4/c1-2-7-4-3-8-5(6)9-4/h3,7H,2H2,1H3,(H3,6,8,9). The fraction of sp³-hybridized carbons (Fsp3) is 0.400. The molecule has 4 heteroatoms. The lowest BCUT2D eigenvalue weighted by Gasteiger charge is -1.93. The van der Waals surface area contributed by atoms with Crippen LogP contribution in [0.5, 0.6) is 0 Å². The summed E-state index contributed by atoms with van der Waals surface area (Å²) >= 11 is 0. The van der Waals surface area contributed by atoms with Gasteiger partial charge in [-0.2, -0.15) is 0 Å². The number of aromatic nitrogens is 2. The molecular weight excluding hydrogens is 116 g/mol. The van der Waals surface area contributed by atoms with Crippen LogP contribution in [0, 0.1) is 0 Å². The Bertz CT molecular complexity index is 181. The third-order valence-electron chi connectivity index (χ3n) is 0.963. The Kier molecular flexibility index (Phi) is 1.58. The Morgan fingerprint density at radius 3 is 3.11 bits per heavy atom. The van der Waals surface area contributed by atoms with Gasteiger partial charge >= 0.3 is 0 Å². The van der Waals surface area contributed by atoms with Gasteiger partial charge in [-0.1, -0.05) is 0 Å². The summed E-state index contributed by atoms with van der Waals surface area (Å²) in [5, 5.41) is 3.03. The average molecular weight is 126 g/mol. The van der Waals surface area contributed by atoms with E-state index in [0.717, 1.165) is 12.4 Å². The first-order valence-corrected chi connectivity index (χ1v) is 2.87. The number of imidazole rings is 1. The zero-order chi connectivity index (χ0) is 6.69. The molecule has 0 saturated heterocycles. The first-order valence-electron chi connectivity index (χ1n) is 2.87. The first-order chi connectivity index (χ1) is 4.33. The number of nitrogens with zero attached hydrogens (tertiary/aromatic N) is 1. The highest BCUT2D eigenvalue weighted by Gasteiger charge is 1.90. The van der Waals surface area contributed by atoms with Gasteiger partial charge in [-0.15, -0.1) is 0 Å². The van der Waals surface area contributed by atoms with Crippen molar-refractivity contribution >= 4 is 11.8 Å². The van der Waals surface area contributed by atoms with Crippen LogP contribution in [0.1, 0.15) is 6.92 Å². The number of anilines is 2. The maximum atomic E-state index is 5.30. The van der Waals surface area contributed by atoms with Crippen molar-refractivity contribution in [3.63, 3.8) is 0 Å². The minimum atomic E-state index is 0.450. The van der Waals surface area contributed by atoms with E-state index in [-0.39, 0.29) is 0 Å². The molecule has 4 nitrogen and oxygen atoms in total. The highest BCUT2D eigenvalue weighted by molar-refractivity contribution is 5.37. The molecular formula is C5H10N4. The van der Waals surface area contributed by atoms with Crippen LogP contribution in [-0.4, -0.2) is 16.5 Å². The summed E-state index contributed by atoms with van der Waals surface area (Å²) in [7, 11) is 0. The maximum absolute atomic E-state index is 5.30. The van der Waals surface area contributed by atoms with Crippen molar-refractivity contribution in [1.29, 1.82) is 0 Å².